The first-order valence-corrected chi connectivity index (χ1v) is 6.83. The lowest BCUT2D eigenvalue weighted by molar-refractivity contribution is -0.133. The minimum absolute atomic E-state index is 0.177. The summed E-state index contributed by atoms with van der Waals surface area (Å²) in [5.41, 5.74) is -0.505. The minimum atomic E-state index is -0.505. The van der Waals surface area contributed by atoms with Crippen LogP contribution in [0, 0.1) is 5.92 Å². The van der Waals surface area contributed by atoms with E-state index < -0.39 is 5.60 Å². The third kappa shape index (κ3) is 2.52. The Bertz CT molecular complexity index is 359. The molecule has 2 fully saturated rings. The van der Waals surface area contributed by atoms with Crippen LogP contribution in [0.3, 0.4) is 0 Å². The summed E-state index contributed by atoms with van der Waals surface area (Å²) < 4.78 is 5.44. The SMILES string of the molecule is CC1CC[C@H]2C(=O)CC[C@@H]1N2C(=O)OC(C)(C)C. The number of fused-ring (bicyclic) bond motifs is 2. The normalized spacial score (nSPS) is 32.3. The van der Waals surface area contributed by atoms with Gasteiger partial charge < -0.3 is 4.74 Å². The minimum Gasteiger partial charge on any atom is -0.444 e. The molecule has 0 N–H and O–H groups in total. The van der Waals surface area contributed by atoms with Crippen LogP contribution in [-0.4, -0.2) is 34.5 Å². The van der Waals surface area contributed by atoms with Crippen LogP contribution in [-0.2, 0) is 9.53 Å². The Kier molecular flexibility index (Phi) is 3.39. The number of nitrogens with zero attached hydrogens (tertiary/aromatic N) is 1. The van der Waals surface area contributed by atoms with Crippen molar-refractivity contribution in [2.24, 2.45) is 5.92 Å². The highest BCUT2D eigenvalue weighted by molar-refractivity contribution is 5.89. The Morgan fingerprint density at radius 2 is 1.94 bits per heavy atom. The monoisotopic (exact) mass is 253 g/mol. The molecule has 0 aromatic heterocycles. The first kappa shape index (κ1) is 13.4. The molecule has 2 aliphatic heterocycles. The molecule has 0 saturated carbocycles. The van der Waals surface area contributed by atoms with Crippen molar-refractivity contribution in [1.82, 2.24) is 4.90 Å². The summed E-state index contributed by atoms with van der Waals surface area (Å²) in [5.74, 6) is 0.658. The maximum absolute atomic E-state index is 12.3. The Balaban J connectivity index is 2.18. The van der Waals surface area contributed by atoms with Gasteiger partial charge in [0, 0.05) is 12.5 Å². The molecule has 0 aromatic carbocycles. The lowest BCUT2D eigenvalue weighted by Crippen LogP contribution is -2.60. The molecule has 0 aromatic rings. The van der Waals surface area contributed by atoms with Gasteiger partial charge in [0.2, 0.25) is 0 Å². The number of amides is 1. The fourth-order valence-corrected chi connectivity index (χ4v) is 3.03. The van der Waals surface area contributed by atoms with Crippen molar-refractivity contribution in [3.05, 3.63) is 0 Å². The van der Waals surface area contributed by atoms with Gasteiger partial charge in [-0.05, 0) is 46.0 Å². The smallest absolute Gasteiger partial charge is 0.411 e. The summed E-state index contributed by atoms with van der Waals surface area (Å²) in [6, 6.07) is -0.0638. The molecule has 4 nitrogen and oxygen atoms in total. The molecule has 0 aliphatic carbocycles. The van der Waals surface area contributed by atoms with E-state index in [-0.39, 0.29) is 24.0 Å². The van der Waals surface area contributed by atoms with E-state index in [9.17, 15) is 9.59 Å². The molecular formula is C14H23NO3. The molecule has 0 radical (unpaired) electrons. The Hall–Kier alpha value is -1.06. The van der Waals surface area contributed by atoms with Gasteiger partial charge in [0.15, 0.2) is 5.78 Å². The van der Waals surface area contributed by atoms with E-state index in [1.807, 2.05) is 20.8 Å². The molecule has 1 amide bonds. The molecule has 4 heteroatoms. The van der Waals surface area contributed by atoms with Gasteiger partial charge in [-0.1, -0.05) is 6.92 Å². The standard InChI is InChI=1S/C14H23NO3/c1-9-5-6-11-12(16)8-7-10(9)15(11)13(17)18-14(2,3)4/h9-11H,5-8H2,1-4H3/t9?,10-,11-/m0/s1. The van der Waals surface area contributed by atoms with E-state index in [0.717, 1.165) is 19.3 Å². The van der Waals surface area contributed by atoms with Crippen LogP contribution in [0.5, 0.6) is 0 Å². The predicted octanol–water partition coefficient (Wildman–Crippen LogP) is 2.75. The number of hydrogen-bond acceptors (Lipinski definition) is 3. The van der Waals surface area contributed by atoms with Gasteiger partial charge in [-0.15, -0.1) is 0 Å². The van der Waals surface area contributed by atoms with Crippen LogP contribution in [0.2, 0.25) is 0 Å². The molecule has 2 saturated heterocycles. The van der Waals surface area contributed by atoms with Gasteiger partial charge in [-0.3, -0.25) is 9.69 Å². The van der Waals surface area contributed by atoms with Crippen molar-refractivity contribution in [3.63, 3.8) is 0 Å². The number of hydrogen-bond donors (Lipinski definition) is 0. The summed E-state index contributed by atoms with van der Waals surface area (Å²) in [5, 5.41) is 0. The van der Waals surface area contributed by atoms with E-state index >= 15 is 0 Å². The summed E-state index contributed by atoms with van der Waals surface area (Å²) >= 11 is 0. The molecule has 2 rings (SSSR count). The molecule has 2 bridgehead atoms. The van der Waals surface area contributed by atoms with Crippen LogP contribution in [0.1, 0.15) is 53.4 Å². The number of piperidine rings is 2. The quantitative estimate of drug-likeness (QED) is 0.667. The topological polar surface area (TPSA) is 46.6 Å². The number of ketones is 1. The predicted molar refractivity (Wildman–Crippen MR) is 68.3 cm³/mol. The van der Waals surface area contributed by atoms with Crippen LogP contribution in [0.15, 0.2) is 0 Å². The van der Waals surface area contributed by atoms with Crippen LogP contribution in [0.25, 0.3) is 0 Å². The summed E-state index contributed by atoms with van der Waals surface area (Å²) in [4.78, 5) is 25.9. The van der Waals surface area contributed by atoms with Gasteiger partial charge >= 0.3 is 6.09 Å². The fourth-order valence-electron chi connectivity index (χ4n) is 3.03. The first-order chi connectivity index (χ1) is 8.29. The first-order valence-electron chi connectivity index (χ1n) is 6.83. The average molecular weight is 253 g/mol. The highest BCUT2D eigenvalue weighted by Gasteiger charge is 2.46. The lowest BCUT2D eigenvalue weighted by Gasteiger charge is -2.48. The van der Waals surface area contributed by atoms with Gasteiger partial charge in [0.25, 0.3) is 0 Å². The summed E-state index contributed by atoms with van der Waals surface area (Å²) in [7, 11) is 0. The van der Waals surface area contributed by atoms with Crippen LogP contribution < -0.4 is 0 Å². The maximum Gasteiger partial charge on any atom is 0.411 e. The highest BCUT2D eigenvalue weighted by Crippen LogP contribution is 2.36. The van der Waals surface area contributed by atoms with Gasteiger partial charge in [0.05, 0.1) is 6.04 Å². The Morgan fingerprint density at radius 1 is 1.28 bits per heavy atom. The van der Waals surface area contributed by atoms with Crippen molar-refractivity contribution < 1.29 is 14.3 Å². The van der Waals surface area contributed by atoms with Gasteiger partial charge in [0.1, 0.15) is 5.60 Å². The average Bonchev–Trinajstić information content (AvgIpc) is 2.23. The van der Waals surface area contributed by atoms with E-state index in [4.69, 9.17) is 4.74 Å². The van der Waals surface area contributed by atoms with Gasteiger partial charge in [-0.2, -0.15) is 0 Å². The Morgan fingerprint density at radius 3 is 2.56 bits per heavy atom. The molecule has 18 heavy (non-hydrogen) atoms. The zero-order valence-corrected chi connectivity index (χ0v) is 11.7. The second-order valence-electron chi connectivity index (χ2n) is 6.53. The zero-order valence-electron chi connectivity index (χ0n) is 11.7. The third-order valence-corrected chi connectivity index (χ3v) is 3.91. The number of ether oxygens (including phenoxy) is 1. The van der Waals surface area contributed by atoms with Crippen molar-refractivity contribution >= 4 is 11.9 Å². The number of Topliss-reactive ketones (excluding diaryl/α,β-unsaturated/α-hetero) is 1. The van der Waals surface area contributed by atoms with Gasteiger partial charge in [-0.25, -0.2) is 4.79 Å². The number of carbonyl (C=O) groups is 2. The van der Waals surface area contributed by atoms with E-state index in [1.54, 1.807) is 4.90 Å². The zero-order chi connectivity index (χ0) is 13.5. The van der Waals surface area contributed by atoms with E-state index in [1.165, 1.54) is 0 Å². The van der Waals surface area contributed by atoms with Crippen molar-refractivity contribution in [2.45, 2.75) is 71.1 Å². The molecule has 2 heterocycles. The molecule has 102 valence electrons. The second kappa shape index (κ2) is 4.56. The van der Waals surface area contributed by atoms with Crippen molar-refractivity contribution in [2.75, 3.05) is 0 Å². The second-order valence-corrected chi connectivity index (χ2v) is 6.53. The lowest BCUT2D eigenvalue weighted by atomic mass is 9.78. The van der Waals surface area contributed by atoms with Crippen LogP contribution in [0.4, 0.5) is 4.79 Å². The molecule has 0 spiro atoms. The highest BCUT2D eigenvalue weighted by atomic mass is 16.6. The number of rotatable bonds is 0. The van der Waals surface area contributed by atoms with E-state index in [2.05, 4.69) is 6.92 Å². The third-order valence-electron chi connectivity index (χ3n) is 3.91. The molecule has 1 unspecified atom stereocenters. The molecular weight excluding hydrogens is 230 g/mol. The Labute approximate surface area is 109 Å². The largest absolute Gasteiger partial charge is 0.444 e. The molecule has 3 atom stereocenters. The summed E-state index contributed by atoms with van der Waals surface area (Å²) in [6.07, 6.45) is 2.89. The fraction of sp³-hybridized carbons (Fsp3) is 0.857. The molecule has 2 aliphatic rings. The maximum atomic E-state index is 12.3. The van der Waals surface area contributed by atoms with Crippen molar-refractivity contribution in [1.29, 1.82) is 0 Å². The van der Waals surface area contributed by atoms with E-state index in [0.29, 0.717) is 12.3 Å². The summed E-state index contributed by atoms with van der Waals surface area (Å²) in [6.45, 7) is 7.73. The van der Waals surface area contributed by atoms with Crippen LogP contribution >= 0.6 is 0 Å². The number of carbonyl (C=O) groups excluding carboxylic acids is 2. The van der Waals surface area contributed by atoms with Crippen molar-refractivity contribution in [3.8, 4) is 0 Å².